The number of aliphatic hydroxyl groups excluding tert-OH is 2. The van der Waals surface area contributed by atoms with Crippen molar-refractivity contribution in [2.24, 2.45) is 0 Å². The molecule has 2 unspecified atom stereocenters. The van der Waals surface area contributed by atoms with E-state index in [0.29, 0.717) is 0 Å². The molecule has 0 spiro atoms. The number of fused-ring (bicyclic) bond motifs is 2. The number of hydrogen-bond acceptors (Lipinski definition) is 2. The van der Waals surface area contributed by atoms with Gasteiger partial charge in [-0.1, -0.05) is 36.4 Å². The average Bonchev–Trinajstić information content (AvgIpc) is 2.35. The summed E-state index contributed by atoms with van der Waals surface area (Å²) >= 11 is 0. The smallest absolute Gasteiger partial charge is 0.109 e. The fourth-order valence-electron chi connectivity index (χ4n) is 2.52. The second-order valence-corrected chi connectivity index (χ2v) is 4.52. The molecule has 0 aromatic heterocycles. The summed E-state index contributed by atoms with van der Waals surface area (Å²) in [6.07, 6.45) is 1.92. The minimum absolute atomic E-state index is 0.803. The van der Waals surface area contributed by atoms with Gasteiger partial charge in [0, 0.05) is 0 Å². The van der Waals surface area contributed by atoms with Crippen molar-refractivity contribution in [1.29, 1.82) is 0 Å². The molecule has 1 aliphatic carbocycles. The highest BCUT2D eigenvalue weighted by molar-refractivity contribution is 5.90. The number of aliphatic hydroxyl groups is 2. The first-order valence-corrected chi connectivity index (χ1v) is 5.75. The zero-order chi connectivity index (χ0) is 12.0. The lowest BCUT2D eigenvalue weighted by molar-refractivity contribution is 0.0470. The molecule has 0 aliphatic heterocycles. The Morgan fingerprint density at radius 2 is 1.88 bits per heavy atom. The molecule has 2 N–H and O–H groups in total. The normalized spacial score (nSPS) is 22.8. The second-order valence-electron chi connectivity index (χ2n) is 4.52. The number of aryl methyl sites for hydroxylation is 1. The minimum atomic E-state index is -0.821. The highest BCUT2D eigenvalue weighted by atomic mass is 16.3. The Labute approximate surface area is 99.8 Å². The largest absolute Gasteiger partial charge is 0.386 e. The van der Waals surface area contributed by atoms with Crippen LogP contribution in [0.1, 0.15) is 22.8 Å². The van der Waals surface area contributed by atoms with Crippen LogP contribution in [0, 0.1) is 6.92 Å². The molecule has 0 saturated heterocycles. The Hall–Kier alpha value is -1.64. The van der Waals surface area contributed by atoms with Crippen LogP contribution in [-0.4, -0.2) is 16.3 Å². The van der Waals surface area contributed by atoms with Crippen LogP contribution < -0.4 is 0 Å². The molecule has 1 aliphatic rings. The number of hydrogen-bond donors (Lipinski definition) is 2. The molecule has 86 valence electrons. The van der Waals surface area contributed by atoms with E-state index in [0.717, 1.165) is 22.1 Å². The molecule has 0 fully saturated rings. The zero-order valence-electron chi connectivity index (χ0n) is 9.59. The SMILES string of the molecule is Cc1c2c(cc3ccccc13)C(O)C(O)C=C2. The van der Waals surface area contributed by atoms with Crippen LogP contribution in [0.3, 0.4) is 0 Å². The standard InChI is InChI=1S/C15H14O2/c1-9-11-5-3-2-4-10(11)8-13-12(9)6-7-14(16)15(13)17/h2-8,14-17H,1H3. The molecule has 3 rings (SSSR count). The molecule has 2 nitrogen and oxygen atoms in total. The fraction of sp³-hybridized carbons (Fsp3) is 0.200. The quantitative estimate of drug-likeness (QED) is 0.724. The molecule has 2 atom stereocenters. The molecule has 0 saturated carbocycles. The monoisotopic (exact) mass is 226 g/mol. The Morgan fingerprint density at radius 1 is 1.12 bits per heavy atom. The van der Waals surface area contributed by atoms with Gasteiger partial charge < -0.3 is 10.2 Å². The van der Waals surface area contributed by atoms with Gasteiger partial charge in [-0.15, -0.1) is 0 Å². The van der Waals surface area contributed by atoms with Gasteiger partial charge in [0.1, 0.15) is 12.2 Å². The minimum Gasteiger partial charge on any atom is -0.386 e. The van der Waals surface area contributed by atoms with Crippen LogP contribution in [0.15, 0.2) is 36.4 Å². The lowest BCUT2D eigenvalue weighted by Crippen LogP contribution is -2.19. The third kappa shape index (κ3) is 1.49. The van der Waals surface area contributed by atoms with E-state index >= 15 is 0 Å². The Bertz CT molecular complexity index is 614. The van der Waals surface area contributed by atoms with E-state index in [9.17, 15) is 10.2 Å². The fourth-order valence-corrected chi connectivity index (χ4v) is 2.52. The van der Waals surface area contributed by atoms with E-state index in [1.165, 1.54) is 5.39 Å². The van der Waals surface area contributed by atoms with E-state index in [4.69, 9.17) is 0 Å². The zero-order valence-corrected chi connectivity index (χ0v) is 9.59. The van der Waals surface area contributed by atoms with Crippen LogP contribution in [0.5, 0.6) is 0 Å². The number of benzene rings is 2. The van der Waals surface area contributed by atoms with E-state index in [2.05, 4.69) is 13.0 Å². The molecule has 0 radical (unpaired) electrons. The van der Waals surface area contributed by atoms with Crippen LogP contribution >= 0.6 is 0 Å². The lowest BCUT2D eigenvalue weighted by atomic mass is 9.87. The highest BCUT2D eigenvalue weighted by Crippen LogP contribution is 2.34. The van der Waals surface area contributed by atoms with Gasteiger partial charge in [-0.2, -0.15) is 0 Å². The maximum absolute atomic E-state index is 10.0. The van der Waals surface area contributed by atoms with Crippen molar-refractivity contribution in [2.75, 3.05) is 0 Å². The van der Waals surface area contributed by atoms with E-state index < -0.39 is 12.2 Å². The third-order valence-electron chi connectivity index (χ3n) is 3.49. The van der Waals surface area contributed by atoms with Gasteiger partial charge in [-0.25, -0.2) is 0 Å². The summed E-state index contributed by atoms with van der Waals surface area (Å²) < 4.78 is 0. The van der Waals surface area contributed by atoms with Crippen molar-refractivity contribution in [3.63, 3.8) is 0 Å². The van der Waals surface area contributed by atoms with Gasteiger partial charge in [0.2, 0.25) is 0 Å². The maximum atomic E-state index is 10.0. The molecular weight excluding hydrogens is 212 g/mol. The summed E-state index contributed by atoms with van der Waals surface area (Å²) in [5.41, 5.74) is 3.00. The summed E-state index contributed by atoms with van der Waals surface area (Å²) in [7, 11) is 0. The van der Waals surface area contributed by atoms with Crippen LogP contribution in [0.2, 0.25) is 0 Å². The summed E-state index contributed by atoms with van der Waals surface area (Å²) in [4.78, 5) is 0. The molecule has 0 heterocycles. The summed E-state index contributed by atoms with van der Waals surface area (Å²) in [6.45, 7) is 2.05. The molecule has 17 heavy (non-hydrogen) atoms. The Morgan fingerprint density at radius 3 is 2.71 bits per heavy atom. The number of rotatable bonds is 0. The van der Waals surface area contributed by atoms with Crippen molar-refractivity contribution in [3.05, 3.63) is 53.1 Å². The van der Waals surface area contributed by atoms with Gasteiger partial charge in [0.15, 0.2) is 0 Å². The third-order valence-corrected chi connectivity index (χ3v) is 3.49. The molecule has 2 aromatic rings. The van der Waals surface area contributed by atoms with Crippen molar-refractivity contribution < 1.29 is 10.2 Å². The molecule has 0 amide bonds. The predicted octanol–water partition coefficient (Wildman–Crippen LogP) is 2.57. The Balaban J connectivity index is 2.37. The first kappa shape index (κ1) is 10.5. The Kier molecular flexibility index (Phi) is 2.28. The van der Waals surface area contributed by atoms with Gasteiger partial charge in [0.05, 0.1) is 0 Å². The van der Waals surface area contributed by atoms with Crippen molar-refractivity contribution >= 4 is 16.8 Å². The summed E-state index contributed by atoms with van der Waals surface area (Å²) in [5, 5.41) is 22.0. The first-order chi connectivity index (χ1) is 8.18. The molecule has 2 aromatic carbocycles. The lowest BCUT2D eigenvalue weighted by Gasteiger charge is -2.24. The van der Waals surface area contributed by atoms with Gasteiger partial charge in [-0.3, -0.25) is 0 Å². The van der Waals surface area contributed by atoms with Crippen LogP contribution in [0.4, 0.5) is 0 Å². The van der Waals surface area contributed by atoms with Gasteiger partial charge in [0.25, 0.3) is 0 Å². The molecule has 2 heteroatoms. The molecule has 0 bridgehead atoms. The molecular formula is C15H14O2. The van der Waals surface area contributed by atoms with Crippen molar-refractivity contribution in [3.8, 4) is 0 Å². The maximum Gasteiger partial charge on any atom is 0.109 e. The first-order valence-electron chi connectivity index (χ1n) is 5.75. The highest BCUT2D eigenvalue weighted by Gasteiger charge is 2.24. The topological polar surface area (TPSA) is 40.5 Å². The van der Waals surface area contributed by atoms with Crippen LogP contribution in [0.25, 0.3) is 16.8 Å². The van der Waals surface area contributed by atoms with Gasteiger partial charge >= 0.3 is 0 Å². The van der Waals surface area contributed by atoms with Crippen molar-refractivity contribution in [2.45, 2.75) is 19.1 Å². The average molecular weight is 226 g/mol. The van der Waals surface area contributed by atoms with E-state index in [1.807, 2.05) is 30.3 Å². The van der Waals surface area contributed by atoms with Crippen molar-refractivity contribution in [1.82, 2.24) is 0 Å². The van der Waals surface area contributed by atoms with E-state index in [-0.39, 0.29) is 0 Å². The summed E-state index contributed by atoms with van der Waals surface area (Å²) in [5.74, 6) is 0. The summed E-state index contributed by atoms with van der Waals surface area (Å²) in [6, 6.07) is 10.1. The predicted molar refractivity (Wildman–Crippen MR) is 68.7 cm³/mol. The van der Waals surface area contributed by atoms with E-state index in [1.54, 1.807) is 6.08 Å². The van der Waals surface area contributed by atoms with Gasteiger partial charge in [-0.05, 0) is 40.5 Å². The second kappa shape index (κ2) is 3.69. The van der Waals surface area contributed by atoms with Crippen LogP contribution in [-0.2, 0) is 0 Å².